The Bertz CT molecular complexity index is 1520. The fourth-order valence-electron chi connectivity index (χ4n) is 4.54. The lowest BCUT2D eigenvalue weighted by Gasteiger charge is -2.36. The number of nitrogens with zero attached hydrogens (tertiary/aromatic N) is 5. The van der Waals surface area contributed by atoms with E-state index in [4.69, 9.17) is 0 Å². The molecule has 0 radical (unpaired) electrons. The number of carbonyl (C=O) groups excluding carboxylic acids is 1. The Labute approximate surface area is 208 Å². The third-order valence-electron chi connectivity index (χ3n) is 6.65. The molecule has 1 saturated heterocycles. The zero-order valence-corrected chi connectivity index (χ0v) is 20.3. The normalized spacial score (nSPS) is 14.2. The largest absolute Gasteiger partial charge is 0.369 e. The van der Waals surface area contributed by atoms with E-state index in [-0.39, 0.29) is 16.7 Å². The van der Waals surface area contributed by atoms with Gasteiger partial charge in [0.1, 0.15) is 11.3 Å². The smallest absolute Gasteiger partial charge is 0.332 e. The third kappa shape index (κ3) is 4.65. The van der Waals surface area contributed by atoms with E-state index < -0.39 is 17.2 Å². The van der Waals surface area contributed by atoms with Gasteiger partial charge in [0.15, 0.2) is 0 Å². The number of piperazine rings is 1. The molecule has 5 rings (SSSR count). The summed E-state index contributed by atoms with van der Waals surface area (Å²) >= 11 is 0. The molecule has 0 spiro atoms. The van der Waals surface area contributed by atoms with Crippen molar-refractivity contribution in [1.29, 1.82) is 0 Å². The second kappa shape index (κ2) is 9.79. The number of carbonyl (C=O) groups is 1. The summed E-state index contributed by atoms with van der Waals surface area (Å²) in [5.41, 5.74) is 2.46. The predicted molar refractivity (Wildman–Crippen MR) is 141 cm³/mol. The van der Waals surface area contributed by atoms with Crippen LogP contribution < -0.4 is 21.5 Å². The van der Waals surface area contributed by atoms with Crippen molar-refractivity contribution in [1.82, 2.24) is 19.0 Å². The molecule has 1 aliphatic heterocycles. The molecule has 1 aliphatic rings. The molecule has 9 nitrogen and oxygen atoms in total. The number of hydrogen-bond donors (Lipinski definition) is 1. The van der Waals surface area contributed by atoms with Crippen LogP contribution in [0.5, 0.6) is 0 Å². The van der Waals surface area contributed by atoms with E-state index in [0.29, 0.717) is 5.69 Å². The van der Waals surface area contributed by atoms with Crippen LogP contribution in [0.15, 0.2) is 76.3 Å². The van der Waals surface area contributed by atoms with Gasteiger partial charge < -0.3 is 10.2 Å². The van der Waals surface area contributed by atoms with Gasteiger partial charge in [-0.1, -0.05) is 30.3 Å². The molecule has 2 aromatic carbocycles. The average Bonchev–Trinajstić information content (AvgIpc) is 2.92. The summed E-state index contributed by atoms with van der Waals surface area (Å²) in [7, 11) is 2.94. The number of nitrogens with one attached hydrogen (secondary N) is 1. The van der Waals surface area contributed by atoms with E-state index >= 15 is 0 Å². The molecule has 36 heavy (non-hydrogen) atoms. The van der Waals surface area contributed by atoms with Crippen LogP contribution in [0.4, 0.5) is 11.4 Å². The minimum absolute atomic E-state index is 0.129. The highest BCUT2D eigenvalue weighted by Crippen LogP contribution is 2.21. The number of pyridine rings is 1. The van der Waals surface area contributed by atoms with Crippen LogP contribution >= 0.6 is 0 Å². The highest BCUT2D eigenvalue weighted by molar-refractivity contribution is 6.03. The van der Waals surface area contributed by atoms with Gasteiger partial charge in [0.2, 0.25) is 0 Å². The Morgan fingerprint density at radius 3 is 2.25 bits per heavy atom. The van der Waals surface area contributed by atoms with Crippen molar-refractivity contribution < 1.29 is 4.79 Å². The predicted octanol–water partition coefficient (Wildman–Crippen LogP) is 2.21. The molecule has 0 unspecified atom stereocenters. The molecule has 0 aliphatic carbocycles. The van der Waals surface area contributed by atoms with E-state index in [9.17, 15) is 14.4 Å². The van der Waals surface area contributed by atoms with Crippen molar-refractivity contribution >= 4 is 28.3 Å². The zero-order valence-electron chi connectivity index (χ0n) is 20.3. The number of hydrogen-bond acceptors (Lipinski definition) is 6. The van der Waals surface area contributed by atoms with Gasteiger partial charge in [-0.3, -0.25) is 23.6 Å². The molecule has 1 amide bonds. The van der Waals surface area contributed by atoms with Gasteiger partial charge in [-0.25, -0.2) is 9.78 Å². The second-order valence-electron chi connectivity index (χ2n) is 9.02. The number of fused-ring (bicyclic) bond motifs is 1. The van der Waals surface area contributed by atoms with Crippen LogP contribution in [0.3, 0.4) is 0 Å². The average molecular weight is 485 g/mol. The fourth-order valence-corrected chi connectivity index (χ4v) is 4.54. The van der Waals surface area contributed by atoms with Crippen molar-refractivity contribution in [2.75, 3.05) is 36.4 Å². The Kier molecular flexibility index (Phi) is 6.39. The summed E-state index contributed by atoms with van der Waals surface area (Å²) in [6.45, 7) is 4.83. The van der Waals surface area contributed by atoms with E-state index in [1.165, 1.54) is 36.4 Å². The number of aromatic nitrogens is 3. The third-order valence-corrected chi connectivity index (χ3v) is 6.65. The van der Waals surface area contributed by atoms with Crippen LogP contribution in [-0.2, 0) is 20.6 Å². The van der Waals surface area contributed by atoms with Gasteiger partial charge in [0.05, 0.1) is 5.39 Å². The standard InChI is InChI=1S/C27H28N6O3/c1-30-24-22(26(35)31(2)27(30)36)12-13-23(29-24)25(34)28-20-8-10-21(11-9-20)33-16-14-32(15-17-33)18-19-6-4-3-5-7-19/h3-13H,14-18H2,1-2H3,(H,28,34). The second-order valence-corrected chi connectivity index (χ2v) is 9.02. The molecule has 1 N–H and O–H groups in total. The minimum Gasteiger partial charge on any atom is -0.369 e. The summed E-state index contributed by atoms with van der Waals surface area (Å²) in [6, 6.07) is 21.3. The topological polar surface area (TPSA) is 92.5 Å². The van der Waals surface area contributed by atoms with E-state index in [1.807, 2.05) is 30.3 Å². The van der Waals surface area contributed by atoms with E-state index in [1.54, 1.807) is 0 Å². The van der Waals surface area contributed by atoms with Crippen LogP contribution in [0.25, 0.3) is 11.0 Å². The fraction of sp³-hybridized carbons (Fsp3) is 0.259. The highest BCUT2D eigenvalue weighted by atomic mass is 16.2. The number of benzene rings is 2. The van der Waals surface area contributed by atoms with Gasteiger partial charge in [-0.05, 0) is 42.0 Å². The minimum atomic E-state index is -0.492. The van der Waals surface area contributed by atoms with Crippen LogP contribution in [0, 0.1) is 0 Å². The Balaban J connectivity index is 1.23. The van der Waals surface area contributed by atoms with Crippen LogP contribution in [0.2, 0.25) is 0 Å². The van der Waals surface area contributed by atoms with Crippen molar-refractivity contribution in [3.05, 3.63) is 98.8 Å². The maximum Gasteiger partial charge on any atom is 0.332 e. The van der Waals surface area contributed by atoms with Crippen molar-refractivity contribution in [2.45, 2.75) is 6.54 Å². The van der Waals surface area contributed by atoms with Gasteiger partial charge in [-0.15, -0.1) is 0 Å². The van der Waals surface area contributed by atoms with Crippen molar-refractivity contribution in [2.24, 2.45) is 14.1 Å². The lowest BCUT2D eigenvalue weighted by atomic mass is 10.2. The first-order valence-electron chi connectivity index (χ1n) is 11.9. The monoisotopic (exact) mass is 484 g/mol. The SMILES string of the molecule is Cn1c(=O)c2ccc(C(=O)Nc3ccc(N4CCN(Cc5ccccc5)CC4)cc3)nc2n(C)c1=O. The van der Waals surface area contributed by atoms with Gasteiger partial charge >= 0.3 is 5.69 Å². The Morgan fingerprint density at radius 2 is 1.56 bits per heavy atom. The summed E-state index contributed by atoms with van der Waals surface area (Å²) in [5, 5.41) is 3.13. The Morgan fingerprint density at radius 1 is 0.861 bits per heavy atom. The molecular formula is C27H28N6O3. The molecule has 2 aromatic heterocycles. The van der Waals surface area contributed by atoms with E-state index in [0.717, 1.165) is 43.0 Å². The first-order chi connectivity index (χ1) is 17.4. The van der Waals surface area contributed by atoms with Gasteiger partial charge in [0, 0.05) is 58.2 Å². The summed E-state index contributed by atoms with van der Waals surface area (Å²) in [4.78, 5) is 46.5. The Hall–Kier alpha value is -4.24. The number of rotatable bonds is 5. The molecule has 0 atom stereocenters. The van der Waals surface area contributed by atoms with E-state index in [2.05, 4.69) is 44.4 Å². The molecule has 0 saturated carbocycles. The van der Waals surface area contributed by atoms with Crippen molar-refractivity contribution in [3.8, 4) is 0 Å². The molecule has 9 heteroatoms. The maximum atomic E-state index is 12.8. The lowest BCUT2D eigenvalue weighted by Crippen LogP contribution is -2.45. The maximum absolute atomic E-state index is 12.8. The molecule has 0 bridgehead atoms. The highest BCUT2D eigenvalue weighted by Gasteiger charge is 2.18. The summed E-state index contributed by atoms with van der Waals surface area (Å²) in [5.74, 6) is -0.410. The first-order valence-corrected chi connectivity index (χ1v) is 11.9. The van der Waals surface area contributed by atoms with Gasteiger partial charge in [-0.2, -0.15) is 0 Å². The first kappa shape index (κ1) is 23.5. The van der Waals surface area contributed by atoms with Crippen LogP contribution in [-0.4, -0.2) is 51.1 Å². The molecule has 184 valence electrons. The quantitative estimate of drug-likeness (QED) is 0.467. The molecule has 1 fully saturated rings. The van der Waals surface area contributed by atoms with Gasteiger partial charge in [0.25, 0.3) is 11.5 Å². The molecule has 3 heterocycles. The van der Waals surface area contributed by atoms with Crippen molar-refractivity contribution in [3.63, 3.8) is 0 Å². The summed E-state index contributed by atoms with van der Waals surface area (Å²) < 4.78 is 2.29. The zero-order chi connectivity index (χ0) is 25.2. The number of amides is 1. The number of aryl methyl sites for hydroxylation is 1. The number of anilines is 2. The summed E-state index contributed by atoms with van der Waals surface area (Å²) in [6.07, 6.45) is 0. The van der Waals surface area contributed by atoms with Crippen LogP contribution in [0.1, 0.15) is 16.1 Å². The lowest BCUT2D eigenvalue weighted by molar-refractivity contribution is 0.102. The molecular weight excluding hydrogens is 456 g/mol. The molecule has 4 aromatic rings.